The lowest BCUT2D eigenvalue weighted by molar-refractivity contribution is 0.416. The third-order valence-corrected chi connectivity index (χ3v) is 3.08. The minimum Gasteiger partial charge on any atom is -0.496 e. The summed E-state index contributed by atoms with van der Waals surface area (Å²) in [6.07, 6.45) is 2.04. The molecule has 2 heterocycles. The van der Waals surface area contributed by atoms with Gasteiger partial charge in [0.2, 0.25) is 0 Å². The van der Waals surface area contributed by atoms with E-state index in [1.807, 2.05) is 42.6 Å². The Morgan fingerprint density at radius 3 is 2.67 bits per heavy atom. The maximum atomic E-state index is 5.38. The van der Waals surface area contributed by atoms with E-state index in [2.05, 4.69) is 22.4 Å². The van der Waals surface area contributed by atoms with Gasteiger partial charge in [-0.3, -0.25) is 0 Å². The molecule has 0 saturated carbocycles. The number of nitrogens with zero attached hydrogens (tertiary/aromatic N) is 2. The fourth-order valence-electron chi connectivity index (χ4n) is 2.13. The molecule has 90 valence electrons. The van der Waals surface area contributed by atoms with Crippen LogP contribution in [0.15, 0.2) is 48.7 Å². The van der Waals surface area contributed by atoms with Crippen molar-refractivity contribution in [3.05, 3.63) is 54.4 Å². The Balaban J connectivity index is 2.23. The molecule has 2 aromatic heterocycles. The van der Waals surface area contributed by atoms with E-state index in [0.29, 0.717) is 0 Å². The highest BCUT2D eigenvalue weighted by atomic mass is 16.5. The molecule has 0 aliphatic rings. The van der Waals surface area contributed by atoms with E-state index < -0.39 is 0 Å². The van der Waals surface area contributed by atoms with Gasteiger partial charge >= 0.3 is 0 Å². The van der Waals surface area contributed by atoms with Crippen LogP contribution in [-0.4, -0.2) is 16.5 Å². The van der Waals surface area contributed by atoms with Gasteiger partial charge in [0.25, 0.3) is 0 Å². The first-order valence-corrected chi connectivity index (χ1v) is 5.88. The van der Waals surface area contributed by atoms with Gasteiger partial charge in [0.05, 0.1) is 12.8 Å². The van der Waals surface area contributed by atoms with Gasteiger partial charge in [-0.1, -0.05) is 18.2 Å². The van der Waals surface area contributed by atoms with Crippen LogP contribution in [0.4, 0.5) is 0 Å². The normalized spacial score (nSPS) is 10.8. The van der Waals surface area contributed by atoms with Crippen LogP contribution in [-0.2, 0) is 0 Å². The number of aryl methyl sites for hydroxylation is 1. The Kier molecular flexibility index (Phi) is 2.52. The molecule has 0 fully saturated rings. The second kappa shape index (κ2) is 4.18. The van der Waals surface area contributed by atoms with Crippen LogP contribution in [0.2, 0.25) is 0 Å². The van der Waals surface area contributed by atoms with Crippen molar-refractivity contribution < 1.29 is 4.74 Å². The first-order valence-electron chi connectivity index (χ1n) is 5.88. The van der Waals surface area contributed by atoms with E-state index in [-0.39, 0.29) is 0 Å². The monoisotopic (exact) mass is 238 g/mol. The fourth-order valence-corrected chi connectivity index (χ4v) is 2.13. The molecule has 0 N–H and O–H groups in total. The van der Waals surface area contributed by atoms with Crippen LogP contribution in [0, 0.1) is 6.92 Å². The topological polar surface area (TPSA) is 26.5 Å². The van der Waals surface area contributed by atoms with E-state index in [1.54, 1.807) is 7.11 Å². The summed E-state index contributed by atoms with van der Waals surface area (Å²) in [6, 6.07) is 14.0. The van der Waals surface area contributed by atoms with Crippen molar-refractivity contribution in [1.29, 1.82) is 0 Å². The molecule has 0 aliphatic heterocycles. The lowest BCUT2D eigenvalue weighted by atomic mass is 10.1. The third kappa shape index (κ3) is 1.64. The van der Waals surface area contributed by atoms with Gasteiger partial charge in [-0.05, 0) is 31.2 Å². The van der Waals surface area contributed by atoms with Gasteiger partial charge in [-0.25, -0.2) is 4.98 Å². The predicted molar refractivity (Wildman–Crippen MR) is 71.9 cm³/mol. The summed E-state index contributed by atoms with van der Waals surface area (Å²) in [5.74, 6) is 0.846. The van der Waals surface area contributed by atoms with Crippen molar-refractivity contribution >= 4 is 5.65 Å². The first-order chi connectivity index (χ1) is 8.79. The summed E-state index contributed by atoms with van der Waals surface area (Å²) in [6.45, 7) is 2.07. The van der Waals surface area contributed by atoms with Crippen LogP contribution >= 0.6 is 0 Å². The molecule has 18 heavy (non-hydrogen) atoms. The molecule has 3 heteroatoms. The summed E-state index contributed by atoms with van der Waals surface area (Å²) in [4.78, 5) is 4.64. The molecule has 0 saturated heterocycles. The van der Waals surface area contributed by atoms with Crippen molar-refractivity contribution in [3.63, 3.8) is 0 Å². The third-order valence-electron chi connectivity index (χ3n) is 3.08. The molecule has 0 bridgehead atoms. The van der Waals surface area contributed by atoms with E-state index in [0.717, 1.165) is 22.7 Å². The Morgan fingerprint density at radius 1 is 1.06 bits per heavy atom. The summed E-state index contributed by atoms with van der Waals surface area (Å²) in [7, 11) is 1.68. The highest BCUT2D eigenvalue weighted by Crippen LogP contribution is 2.29. The number of para-hydroxylation sites is 1. The number of hydrogen-bond donors (Lipinski definition) is 0. The lowest BCUT2D eigenvalue weighted by Crippen LogP contribution is -1.87. The van der Waals surface area contributed by atoms with Crippen molar-refractivity contribution in [1.82, 2.24) is 9.38 Å². The summed E-state index contributed by atoms with van der Waals surface area (Å²) in [5.41, 5.74) is 4.07. The maximum absolute atomic E-state index is 5.38. The summed E-state index contributed by atoms with van der Waals surface area (Å²) in [5, 5.41) is 0. The summed E-state index contributed by atoms with van der Waals surface area (Å²) < 4.78 is 7.46. The Morgan fingerprint density at radius 2 is 1.89 bits per heavy atom. The van der Waals surface area contributed by atoms with Gasteiger partial charge in [0.1, 0.15) is 11.4 Å². The number of aromatic nitrogens is 2. The Labute approximate surface area is 106 Å². The van der Waals surface area contributed by atoms with Crippen LogP contribution in [0.3, 0.4) is 0 Å². The molecular weight excluding hydrogens is 224 g/mol. The van der Waals surface area contributed by atoms with Gasteiger partial charge < -0.3 is 9.14 Å². The second-order valence-electron chi connectivity index (χ2n) is 4.22. The standard InChI is InChI=1S/C15H14N2O/c1-11-6-5-9-15-16-13(10-17(11)15)12-7-3-4-8-14(12)18-2/h3-10H,1-2H3. The molecule has 3 nitrogen and oxygen atoms in total. The predicted octanol–water partition coefficient (Wildman–Crippen LogP) is 3.32. The number of methoxy groups -OCH3 is 1. The van der Waals surface area contributed by atoms with Crippen molar-refractivity contribution in [2.24, 2.45) is 0 Å². The molecule has 3 rings (SSSR count). The second-order valence-corrected chi connectivity index (χ2v) is 4.22. The van der Waals surface area contributed by atoms with Gasteiger partial charge in [0, 0.05) is 17.5 Å². The number of rotatable bonds is 2. The molecule has 0 atom stereocenters. The molecule has 0 unspecified atom stereocenters. The van der Waals surface area contributed by atoms with E-state index in [4.69, 9.17) is 4.74 Å². The zero-order valence-corrected chi connectivity index (χ0v) is 10.4. The SMILES string of the molecule is COc1ccccc1-c1cn2c(C)cccc2n1. The number of imidazole rings is 1. The molecule has 0 amide bonds. The number of pyridine rings is 1. The number of benzene rings is 1. The number of hydrogen-bond acceptors (Lipinski definition) is 2. The van der Waals surface area contributed by atoms with Crippen LogP contribution in [0.5, 0.6) is 5.75 Å². The highest BCUT2D eigenvalue weighted by molar-refractivity contribution is 5.69. The van der Waals surface area contributed by atoms with E-state index >= 15 is 0 Å². The Hall–Kier alpha value is -2.29. The van der Waals surface area contributed by atoms with Gasteiger partial charge in [-0.15, -0.1) is 0 Å². The molecule has 1 aromatic carbocycles. The van der Waals surface area contributed by atoms with Crippen LogP contribution < -0.4 is 4.74 Å². The number of fused-ring (bicyclic) bond motifs is 1. The maximum Gasteiger partial charge on any atom is 0.137 e. The van der Waals surface area contributed by atoms with Crippen molar-refractivity contribution in [2.75, 3.05) is 7.11 Å². The summed E-state index contributed by atoms with van der Waals surface area (Å²) >= 11 is 0. The smallest absolute Gasteiger partial charge is 0.137 e. The fraction of sp³-hybridized carbons (Fsp3) is 0.133. The van der Waals surface area contributed by atoms with Crippen LogP contribution in [0.25, 0.3) is 16.9 Å². The zero-order valence-electron chi connectivity index (χ0n) is 10.4. The average Bonchev–Trinajstić information content (AvgIpc) is 2.84. The van der Waals surface area contributed by atoms with Gasteiger partial charge in [-0.2, -0.15) is 0 Å². The minimum absolute atomic E-state index is 0.846. The van der Waals surface area contributed by atoms with Crippen molar-refractivity contribution in [3.8, 4) is 17.0 Å². The quantitative estimate of drug-likeness (QED) is 0.684. The molecule has 0 radical (unpaired) electrons. The first kappa shape index (κ1) is 10.8. The van der Waals surface area contributed by atoms with Crippen LogP contribution in [0.1, 0.15) is 5.69 Å². The minimum atomic E-state index is 0.846. The van der Waals surface area contributed by atoms with Crippen molar-refractivity contribution in [2.45, 2.75) is 6.92 Å². The zero-order chi connectivity index (χ0) is 12.5. The molecule has 0 spiro atoms. The van der Waals surface area contributed by atoms with Gasteiger partial charge in [0.15, 0.2) is 0 Å². The largest absolute Gasteiger partial charge is 0.496 e. The lowest BCUT2D eigenvalue weighted by Gasteiger charge is -2.04. The molecule has 3 aromatic rings. The molecular formula is C15H14N2O. The Bertz CT molecular complexity index is 701. The van der Waals surface area contributed by atoms with E-state index in [9.17, 15) is 0 Å². The molecule has 0 aliphatic carbocycles. The number of ether oxygens (including phenoxy) is 1. The van der Waals surface area contributed by atoms with E-state index in [1.165, 1.54) is 5.69 Å². The average molecular weight is 238 g/mol. The highest BCUT2D eigenvalue weighted by Gasteiger charge is 2.09.